The molecule has 0 aliphatic carbocycles. The first-order chi connectivity index (χ1) is 44.3. The molecule has 8 N–H and O–H groups in total. The van der Waals surface area contributed by atoms with Gasteiger partial charge in [-0.2, -0.15) is 4.98 Å². The third-order valence-electron chi connectivity index (χ3n) is 13.2. The number of carbonyl (C=O) groups is 9. The van der Waals surface area contributed by atoms with E-state index in [-0.39, 0.29) is 111 Å². The number of aryl methyl sites for hydroxylation is 5. The molecule has 0 saturated carbocycles. The number of carboxylic acids is 1. The van der Waals surface area contributed by atoms with Crippen LogP contribution in [0.3, 0.4) is 0 Å². The molecule has 5 aromatic heterocycles. The zero-order valence-electron chi connectivity index (χ0n) is 52.9. The Bertz CT molecular complexity index is 3140. The quantitative estimate of drug-likeness (QED) is 0.0259. The number of methoxy groups -OCH3 is 2. The third kappa shape index (κ3) is 27.7. The van der Waals surface area contributed by atoms with Crippen molar-refractivity contribution >= 4 is 93.8 Å². The molecule has 92 heavy (non-hydrogen) atoms. The van der Waals surface area contributed by atoms with Crippen molar-refractivity contribution in [3.63, 3.8) is 0 Å². The fourth-order valence-electron chi connectivity index (χ4n) is 8.44. The number of carbonyl (C=O) groups excluding carboxylic acids is 8. The number of unbranched alkanes of at least 4 members (excludes halogenated alkanes) is 1. The summed E-state index contributed by atoms with van der Waals surface area (Å²) >= 11 is 0. The maximum atomic E-state index is 13.8. The highest BCUT2D eigenvalue weighted by Gasteiger charge is 2.21. The lowest BCUT2D eigenvalue weighted by atomic mass is 10.2. The van der Waals surface area contributed by atoms with Gasteiger partial charge in [0, 0.05) is 150 Å². The fraction of sp³-hybridized carbons (Fsp3) is 0.552. The Hall–Kier alpha value is -8.90. The van der Waals surface area contributed by atoms with Crippen LogP contribution in [-0.2, 0) is 106 Å². The number of nitrogens with one attached hydrogen (secondary N) is 7. The van der Waals surface area contributed by atoms with E-state index in [1.54, 1.807) is 85.7 Å². The molecule has 5 aromatic rings. The monoisotopic (exact) mass is 1290 g/mol. The van der Waals surface area contributed by atoms with Crippen LogP contribution in [0, 0.1) is 0 Å². The molecule has 0 atom stereocenters. The second kappa shape index (κ2) is 40.8. The molecule has 5 heterocycles. The van der Waals surface area contributed by atoms with E-state index in [9.17, 15) is 43.2 Å². The summed E-state index contributed by atoms with van der Waals surface area (Å²) in [5, 5.41) is 27.6. The van der Waals surface area contributed by atoms with Gasteiger partial charge in [-0.25, -0.2) is 9.97 Å². The molecule has 0 bridgehead atoms. The summed E-state index contributed by atoms with van der Waals surface area (Å²) < 4.78 is 51.1. The molecule has 0 fully saturated rings. The summed E-state index contributed by atoms with van der Waals surface area (Å²) in [5.74, 6) is -4.26. The van der Waals surface area contributed by atoms with Gasteiger partial charge in [-0.3, -0.25) is 48.5 Å². The molecule has 8 amide bonds. The highest BCUT2D eigenvalue weighted by atomic mass is 16.6. The Kier molecular flexibility index (Phi) is 32.7. The van der Waals surface area contributed by atoms with Crippen LogP contribution in [0.25, 0.3) is 0 Å². The van der Waals surface area contributed by atoms with E-state index in [0.29, 0.717) is 117 Å². The van der Waals surface area contributed by atoms with E-state index in [1.807, 2.05) is 0 Å². The standard InChI is InChI=1S/C58H86N16O18/c1-69-18-16-59-54(69)56(83)60-41-35-45(70(2)37-41)66-49(77)12-10-47(75)62-43-39-71(3)55(64-43)57(84)61-42-36-46(67-50(78)13-11-48(76)63-44-40-72(4)58(65-44)68-51(79)14-15-53(81)82)74(38-42)17-8-7-9-52(80)73(19-21-87-27-29-91-33-31-89-25-23-85-5)20-22-88-28-30-92-34-32-90-26-24-86-6/h16,18,35-40H,7-15,17,19-34H2,1-6H3,(H,60,83)(H,61,84)(H,62,75)(H,63,76)(H,66,77)(H,67,78)(H,81,82)(H,65,68,79). The summed E-state index contributed by atoms with van der Waals surface area (Å²) in [4.78, 5) is 130. The number of carboxylic acid groups (broad SMARTS) is 1. The zero-order valence-corrected chi connectivity index (χ0v) is 52.9. The van der Waals surface area contributed by atoms with Crippen molar-refractivity contribution in [1.29, 1.82) is 0 Å². The molecule has 34 nitrogen and oxygen atoms in total. The average Bonchev–Trinajstić information content (AvgIpc) is 1.77. The lowest BCUT2D eigenvalue weighted by Gasteiger charge is -2.23. The number of ether oxygens (including phenoxy) is 8. The van der Waals surface area contributed by atoms with Gasteiger partial charge in [0.2, 0.25) is 47.2 Å². The van der Waals surface area contributed by atoms with E-state index in [0.717, 1.165) is 0 Å². The smallest absolute Gasteiger partial charge is 0.303 e. The molecule has 506 valence electrons. The van der Waals surface area contributed by atoms with E-state index in [2.05, 4.69) is 52.2 Å². The van der Waals surface area contributed by atoms with Gasteiger partial charge >= 0.3 is 5.97 Å². The second-order valence-corrected chi connectivity index (χ2v) is 20.6. The van der Waals surface area contributed by atoms with Crippen molar-refractivity contribution in [3.05, 3.63) is 61.0 Å². The number of nitrogens with zero attached hydrogens (tertiary/aromatic N) is 9. The molecule has 0 spiro atoms. The Labute approximate surface area is 531 Å². The Morgan fingerprint density at radius 2 is 0.913 bits per heavy atom. The van der Waals surface area contributed by atoms with Crippen LogP contribution in [0.15, 0.2) is 49.3 Å². The number of amides is 8. The maximum absolute atomic E-state index is 13.8. The molecule has 0 aromatic carbocycles. The SMILES string of the molecule is COCCOCCOCCOCCN(CCOCCOCCOCCOC)C(=O)CCCCn1cc(NC(=O)c2nc(NC(=O)CCC(=O)Nc3cc(NC(=O)c4nccn4C)cn3C)cn2C)cc1NC(=O)CCC(=O)Nc1cn(C)c(NC(=O)CCC(=O)O)n1. The van der Waals surface area contributed by atoms with Crippen molar-refractivity contribution in [2.45, 2.75) is 64.3 Å². The molecule has 0 radical (unpaired) electrons. The van der Waals surface area contributed by atoms with Crippen LogP contribution in [0.5, 0.6) is 0 Å². The molecule has 0 saturated heterocycles. The van der Waals surface area contributed by atoms with E-state index < -0.39 is 47.3 Å². The third-order valence-corrected chi connectivity index (χ3v) is 13.2. The molecular formula is C58H86N16O18. The highest BCUT2D eigenvalue weighted by molar-refractivity contribution is 6.04. The maximum Gasteiger partial charge on any atom is 0.303 e. The van der Waals surface area contributed by atoms with Gasteiger partial charge in [0.1, 0.15) is 11.6 Å². The van der Waals surface area contributed by atoms with E-state index in [1.165, 1.54) is 33.8 Å². The van der Waals surface area contributed by atoms with Crippen molar-refractivity contribution in [1.82, 2.24) is 42.7 Å². The highest BCUT2D eigenvalue weighted by Crippen LogP contribution is 2.23. The van der Waals surface area contributed by atoms with Gasteiger partial charge in [0.15, 0.2) is 17.5 Å². The molecule has 0 aliphatic rings. The normalized spacial score (nSPS) is 11.1. The molecule has 0 unspecified atom stereocenters. The van der Waals surface area contributed by atoms with E-state index >= 15 is 0 Å². The first kappa shape index (κ1) is 73.8. The predicted octanol–water partition coefficient (Wildman–Crippen LogP) is 2.44. The van der Waals surface area contributed by atoms with Gasteiger partial charge in [-0.1, -0.05) is 0 Å². The van der Waals surface area contributed by atoms with Crippen molar-refractivity contribution in [2.75, 3.05) is 157 Å². The number of rotatable bonds is 47. The van der Waals surface area contributed by atoms with Gasteiger partial charge in [0.05, 0.1) is 110 Å². The van der Waals surface area contributed by atoms with Crippen LogP contribution in [0.4, 0.5) is 40.6 Å². The summed E-state index contributed by atoms with van der Waals surface area (Å²) in [6.07, 6.45) is 8.52. The zero-order chi connectivity index (χ0) is 66.6. The topological polar surface area (TPSA) is 398 Å². The minimum absolute atomic E-state index is 0.0341. The van der Waals surface area contributed by atoms with Crippen LogP contribution >= 0.6 is 0 Å². The van der Waals surface area contributed by atoms with Crippen molar-refractivity contribution in [2.24, 2.45) is 28.2 Å². The summed E-state index contributed by atoms with van der Waals surface area (Å²) in [5.41, 5.74) is 0.659. The van der Waals surface area contributed by atoms with Crippen LogP contribution in [0.1, 0.15) is 79.0 Å². The van der Waals surface area contributed by atoms with Gasteiger partial charge in [-0.05, 0) is 12.8 Å². The Balaban J connectivity index is 1.18. The summed E-state index contributed by atoms with van der Waals surface area (Å²) in [6.45, 7) is 6.21. The van der Waals surface area contributed by atoms with Gasteiger partial charge in [-0.15, -0.1) is 0 Å². The molecular weight excluding hydrogens is 1210 g/mol. The summed E-state index contributed by atoms with van der Waals surface area (Å²) in [6, 6.07) is 3.07. The number of aromatic nitrogens is 8. The second-order valence-electron chi connectivity index (χ2n) is 20.6. The average molecular weight is 1300 g/mol. The van der Waals surface area contributed by atoms with Crippen LogP contribution < -0.4 is 37.2 Å². The largest absolute Gasteiger partial charge is 0.481 e. The lowest BCUT2D eigenvalue weighted by molar-refractivity contribution is -0.138. The van der Waals surface area contributed by atoms with Gasteiger partial charge in [0.25, 0.3) is 11.8 Å². The molecule has 34 heteroatoms. The lowest BCUT2D eigenvalue weighted by Crippen LogP contribution is -2.37. The van der Waals surface area contributed by atoms with Crippen molar-refractivity contribution in [3.8, 4) is 0 Å². The first-order valence-corrected chi connectivity index (χ1v) is 29.8. The van der Waals surface area contributed by atoms with Crippen molar-refractivity contribution < 1.29 is 86.2 Å². The van der Waals surface area contributed by atoms with Crippen LogP contribution in [-0.4, -0.2) is 221 Å². The van der Waals surface area contributed by atoms with E-state index in [4.69, 9.17) is 43.0 Å². The number of anilines is 7. The minimum Gasteiger partial charge on any atom is -0.481 e. The number of hydrogen-bond acceptors (Lipinski definition) is 20. The number of hydrogen-bond donors (Lipinski definition) is 8. The molecule has 5 rings (SSSR count). The molecule has 0 aliphatic heterocycles. The van der Waals surface area contributed by atoms with Gasteiger partial charge < -0.3 is 103 Å². The Morgan fingerprint density at radius 3 is 1.45 bits per heavy atom. The van der Waals surface area contributed by atoms with Crippen LogP contribution in [0.2, 0.25) is 0 Å². The Morgan fingerprint density at radius 1 is 0.457 bits per heavy atom. The number of aliphatic carboxylic acids is 1. The number of imidazole rings is 3. The fourth-order valence-corrected chi connectivity index (χ4v) is 8.44. The predicted molar refractivity (Wildman–Crippen MR) is 333 cm³/mol. The minimum atomic E-state index is -1.14. The first-order valence-electron chi connectivity index (χ1n) is 29.8. The summed E-state index contributed by atoms with van der Waals surface area (Å²) in [7, 11) is 9.66.